The zero-order valence-electron chi connectivity index (χ0n) is 18.3. The molecule has 2 unspecified atom stereocenters. The summed E-state index contributed by atoms with van der Waals surface area (Å²) in [7, 11) is 1.74. The van der Waals surface area contributed by atoms with Crippen LogP contribution in [0, 0.1) is 12.7 Å². The Morgan fingerprint density at radius 3 is 2.59 bits per heavy atom. The summed E-state index contributed by atoms with van der Waals surface area (Å²) in [5.74, 6) is -1.05. The van der Waals surface area contributed by atoms with Gasteiger partial charge in [-0.1, -0.05) is 0 Å². The van der Waals surface area contributed by atoms with Crippen molar-refractivity contribution in [3.8, 4) is 11.4 Å². The normalized spacial score (nSPS) is 20.1. The number of alkyl halides is 3. The van der Waals surface area contributed by atoms with Crippen LogP contribution in [-0.2, 0) is 12.7 Å². The maximum Gasteiger partial charge on any atom is 0.416 e. The first-order valence-electron chi connectivity index (χ1n) is 10.6. The first-order valence-corrected chi connectivity index (χ1v) is 10.6. The molecule has 0 spiro atoms. The zero-order chi connectivity index (χ0) is 24.4. The maximum atomic E-state index is 13.3. The third-order valence-corrected chi connectivity index (χ3v) is 6.17. The van der Waals surface area contributed by atoms with Gasteiger partial charge in [0.05, 0.1) is 17.6 Å². The van der Waals surface area contributed by atoms with Crippen molar-refractivity contribution in [1.82, 2.24) is 19.0 Å². The van der Waals surface area contributed by atoms with Crippen molar-refractivity contribution in [2.75, 3.05) is 13.6 Å². The summed E-state index contributed by atoms with van der Waals surface area (Å²) >= 11 is 0. The van der Waals surface area contributed by atoms with Crippen LogP contribution in [0.2, 0.25) is 0 Å². The Morgan fingerprint density at radius 2 is 1.91 bits per heavy atom. The van der Waals surface area contributed by atoms with Gasteiger partial charge < -0.3 is 18.8 Å². The van der Waals surface area contributed by atoms with Crippen molar-refractivity contribution >= 4 is 5.91 Å². The quantitative estimate of drug-likeness (QED) is 0.504. The van der Waals surface area contributed by atoms with Gasteiger partial charge in [-0.25, -0.2) is 9.37 Å². The predicted octanol–water partition coefficient (Wildman–Crippen LogP) is 3.52. The third kappa shape index (κ3) is 3.74. The Morgan fingerprint density at radius 1 is 1.15 bits per heavy atom. The van der Waals surface area contributed by atoms with Gasteiger partial charge >= 0.3 is 6.18 Å². The van der Waals surface area contributed by atoms with E-state index in [1.807, 2.05) is 6.92 Å². The number of benzene rings is 1. The van der Waals surface area contributed by atoms with Gasteiger partial charge in [-0.15, -0.1) is 0 Å². The van der Waals surface area contributed by atoms with E-state index >= 15 is 0 Å². The van der Waals surface area contributed by atoms with E-state index in [0.717, 1.165) is 11.8 Å². The number of hydrogen-bond acceptors (Lipinski definition) is 4. The van der Waals surface area contributed by atoms with Crippen LogP contribution in [0.1, 0.15) is 39.6 Å². The molecule has 1 aromatic carbocycles. The Labute approximate surface area is 191 Å². The predicted molar refractivity (Wildman–Crippen MR) is 113 cm³/mol. The van der Waals surface area contributed by atoms with Crippen LogP contribution in [0.4, 0.5) is 17.6 Å². The number of halogens is 4. The van der Waals surface area contributed by atoms with Crippen molar-refractivity contribution in [1.29, 1.82) is 0 Å². The number of imidazole rings is 1. The zero-order valence-corrected chi connectivity index (χ0v) is 18.3. The van der Waals surface area contributed by atoms with Gasteiger partial charge in [-0.05, 0) is 37.6 Å². The molecule has 3 aliphatic rings. The van der Waals surface area contributed by atoms with Crippen LogP contribution in [0.3, 0.4) is 0 Å². The molecule has 34 heavy (non-hydrogen) atoms. The lowest BCUT2D eigenvalue weighted by molar-refractivity contribution is -0.137. The van der Waals surface area contributed by atoms with Gasteiger partial charge in [-0.3, -0.25) is 9.59 Å². The number of rotatable bonds is 1. The fourth-order valence-corrected chi connectivity index (χ4v) is 4.23. The molecule has 0 N–H and O–H groups in total. The van der Waals surface area contributed by atoms with Gasteiger partial charge in [-0.2, -0.15) is 13.2 Å². The number of hydrogen-bond donors (Lipinski definition) is 0. The number of pyridine rings is 1. The van der Waals surface area contributed by atoms with E-state index in [-0.39, 0.29) is 29.2 Å². The van der Waals surface area contributed by atoms with Gasteiger partial charge in [0, 0.05) is 37.8 Å². The minimum Gasteiger partial charge on any atom is -0.486 e. The van der Waals surface area contributed by atoms with Gasteiger partial charge in [0.2, 0.25) is 0 Å². The van der Waals surface area contributed by atoms with Crippen molar-refractivity contribution in [2.45, 2.75) is 38.1 Å². The van der Waals surface area contributed by atoms with Crippen molar-refractivity contribution in [3.05, 3.63) is 75.5 Å². The molecule has 0 radical (unpaired) electrons. The highest BCUT2D eigenvalue weighted by molar-refractivity contribution is 5.93. The highest BCUT2D eigenvalue weighted by Gasteiger charge is 2.50. The Balaban J connectivity index is 0.000000145. The Kier molecular flexibility index (Phi) is 5.03. The number of aromatic nitrogens is 3. The van der Waals surface area contributed by atoms with Crippen molar-refractivity contribution < 1.29 is 27.1 Å². The van der Waals surface area contributed by atoms with Crippen LogP contribution >= 0.6 is 0 Å². The van der Waals surface area contributed by atoms with Crippen LogP contribution in [0.25, 0.3) is 5.69 Å². The molecule has 1 fully saturated rings. The maximum absolute atomic E-state index is 13.3. The molecule has 1 aliphatic carbocycles. The lowest BCUT2D eigenvalue weighted by atomic mass is 10.1. The average molecular weight is 476 g/mol. The smallest absolute Gasteiger partial charge is 0.416 e. The first-order chi connectivity index (χ1) is 16.0. The van der Waals surface area contributed by atoms with Crippen LogP contribution < -0.4 is 10.3 Å². The molecule has 0 saturated heterocycles. The number of aryl methyl sites for hydroxylation is 1. The summed E-state index contributed by atoms with van der Waals surface area (Å²) in [5, 5.41) is 0. The van der Waals surface area contributed by atoms with E-state index in [0.29, 0.717) is 42.5 Å². The second kappa shape index (κ2) is 7.71. The summed E-state index contributed by atoms with van der Waals surface area (Å²) in [6, 6.07) is 4.86. The van der Waals surface area contributed by atoms with E-state index in [2.05, 4.69) is 4.98 Å². The van der Waals surface area contributed by atoms with Crippen molar-refractivity contribution in [2.24, 2.45) is 0 Å². The monoisotopic (exact) mass is 476 g/mol. The summed E-state index contributed by atoms with van der Waals surface area (Å²) in [5.41, 5.74) is 1.08. The van der Waals surface area contributed by atoms with Gasteiger partial charge in [0.25, 0.3) is 11.5 Å². The fourth-order valence-electron chi connectivity index (χ4n) is 4.23. The van der Waals surface area contributed by atoms with Crippen LogP contribution in [0.5, 0.6) is 5.75 Å². The molecule has 11 heteroatoms. The number of ether oxygens (including phenoxy) is 1. The average Bonchev–Trinajstić information content (AvgIpc) is 3.26. The topological polar surface area (TPSA) is 69.4 Å². The minimum atomic E-state index is -4.50. The van der Waals surface area contributed by atoms with E-state index in [1.165, 1.54) is 4.57 Å². The molecule has 2 aliphatic heterocycles. The van der Waals surface area contributed by atoms with Crippen molar-refractivity contribution in [3.63, 3.8) is 0 Å². The molecule has 2 aromatic heterocycles. The van der Waals surface area contributed by atoms with Crippen LogP contribution in [-0.4, -0.2) is 44.6 Å². The molecule has 3 aromatic rings. The largest absolute Gasteiger partial charge is 0.486 e. The highest BCUT2D eigenvalue weighted by Crippen LogP contribution is 2.55. The molecular formula is C23H20F4N4O3. The van der Waals surface area contributed by atoms with E-state index in [9.17, 15) is 27.2 Å². The minimum absolute atomic E-state index is 0.00394. The molecule has 178 valence electrons. The lowest BCUT2D eigenvalue weighted by Crippen LogP contribution is -2.42. The van der Waals surface area contributed by atoms with Gasteiger partial charge in [0.1, 0.15) is 17.5 Å². The number of fused-ring (bicyclic) bond motifs is 4. The second-order valence-corrected chi connectivity index (χ2v) is 8.58. The number of likely N-dealkylation sites (N-methyl/N-ethyl adjacent to an activating group) is 1. The molecule has 7 nitrogen and oxygen atoms in total. The van der Waals surface area contributed by atoms with Crippen LogP contribution in [0.15, 0.2) is 41.6 Å². The molecule has 0 bridgehead atoms. The Hall–Kier alpha value is -3.63. The summed E-state index contributed by atoms with van der Waals surface area (Å²) in [6.07, 6.45) is -0.495. The summed E-state index contributed by atoms with van der Waals surface area (Å²) in [4.78, 5) is 30.1. The molecule has 4 heterocycles. The van der Waals surface area contributed by atoms with E-state index in [1.54, 1.807) is 41.2 Å². The SMILES string of the molecule is Cc1cn(-c2ccc3n(c2=O)CCN(C)C3=O)cn1.Fc1cc(C(F)(F)F)cc2c1OC1CC21. The lowest BCUT2D eigenvalue weighted by Gasteiger charge is -2.26. The van der Waals surface area contributed by atoms with Gasteiger partial charge in [0.15, 0.2) is 11.6 Å². The number of nitrogens with zero attached hydrogens (tertiary/aromatic N) is 4. The molecule has 1 saturated carbocycles. The number of carbonyl (C=O) groups is 1. The fraction of sp³-hybridized carbons (Fsp3) is 0.348. The van der Waals surface area contributed by atoms with E-state index < -0.39 is 17.6 Å². The molecular weight excluding hydrogens is 456 g/mol. The molecule has 2 atom stereocenters. The number of amides is 1. The Bertz CT molecular complexity index is 1360. The molecule has 1 amide bonds. The molecule has 6 rings (SSSR count). The second-order valence-electron chi connectivity index (χ2n) is 8.58. The summed E-state index contributed by atoms with van der Waals surface area (Å²) in [6.45, 7) is 2.95. The highest BCUT2D eigenvalue weighted by atomic mass is 19.4. The third-order valence-electron chi connectivity index (χ3n) is 6.17. The van der Waals surface area contributed by atoms with E-state index in [4.69, 9.17) is 4.74 Å². The first kappa shape index (κ1) is 22.2. The standard InChI is InChI=1S/C13H14N4O2.C10H6F4O/c1-9-7-16(8-14-9)10-3-4-11-12(18)15(2)5-6-17(11)13(10)19;11-7-2-4(10(12,13)14)1-6-5-3-8(5)15-9(6)7/h3-4,7-8H,5-6H2,1-2H3;1-2,5,8H,3H2. The summed E-state index contributed by atoms with van der Waals surface area (Å²) < 4.78 is 58.7. The number of carbonyl (C=O) groups excluding carboxylic acids is 1.